The molecular formula is C21H34F4N5O4P. The molecule has 1 fully saturated rings. The first-order valence-electron chi connectivity index (χ1n) is 11.0. The van der Waals surface area contributed by atoms with Gasteiger partial charge in [-0.1, -0.05) is 6.07 Å². The van der Waals surface area contributed by atoms with Crippen molar-refractivity contribution in [2.45, 2.75) is 77.5 Å². The van der Waals surface area contributed by atoms with E-state index in [4.69, 9.17) is 26.1 Å². The Morgan fingerprint density at radius 3 is 2.40 bits per heavy atom. The molecule has 0 aliphatic carbocycles. The first-order valence-corrected chi connectivity index (χ1v) is 12.2. The number of nitrogens with two attached hydrogens (primary N) is 2. The summed E-state index contributed by atoms with van der Waals surface area (Å²) in [6, 6.07) is 5.92. The first kappa shape index (κ1) is 31.3. The number of halogens is 4. The lowest BCUT2D eigenvalue weighted by Gasteiger charge is -2.32. The first-order chi connectivity index (χ1) is 16.3. The van der Waals surface area contributed by atoms with Crippen LogP contribution in [0.5, 0.6) is 0 Å². The molecule has 0 amide bonds. The summed E-state index contributed by atoms with van der Waals surface area (Å²) in [5.41, 5.74) is 4.13. The zero-order valence-electron chi connectivity index (χ0n) is 20.2. The van der Waals surface area contributed by atoms with Gasteiger partial charge in [0.05, 0.1) is 42.1 Å². The summed E-state index contributed by atoms with van der Waals surface area (Å²) in [6.07, 6.45) is -4.50. The number of hydrogen-bond acceptors (Lipinski definition) is 9. The molecule has 2 rings (SSSR count). The van der Waals surface area contributed by atoms with Gasteiger partial charge >= 0.3 is 6.18 Å². The maximum absolute atomic E-state index is 12.8. The number of benzene rings is 1. The Morgan fingerprint density at radius 1 is 1.26 bits per heavy atom. The smallest absolute Gasteiger partial charge is 0.397 e. The van der Waals surface area contributed by atoms with E-state index in [1.165, 1.54) is 12.1 Å². The Bertz CT molecular complexity index is 805. The normalized spacial score (nSPS) is 19.0. The van der Waals surface area contributed by atoms with Gasteiger partial charge in [0.25, 0.3) is 8.53 Å². The molecular weight excluding hydrogens is 493 g/mol. The molecule has 9 nitrogen and oxygen atoms in total. The van der Waals surface area contributed by atoms with Gasteiger partial charge in [-0.25, -0.2) is 10.5 Å². The number of nitrogens with zero attached hydrogens (tertiary/aromatic N) is 3. The van der Waals surface area contributed by atoms with E-state index >= 15 is 0 Å². The zero-order valence-corrected chi connectivity index (χ0v) is 21.1. The standard InChI is InChI=1S/C12H15F4N3O2.C9H19N2O2P/c13-12(14,15)8-2-1-3-9(11(8)17)19(18)10-5-4-7(21-10)6-20-16;1-8(2)11(9(3)4)14(12)13-7-5-6-10/h1-3,7,10H,4-6,17-18H2;8-9,12H,5,7H2,1-4H3. The summed E-state index contributed by atoms with van der Waals surface area (Å²) in [4.78, 5) is 13.2. The zero-order chi connectivity index (χ0) is 26.8. The van der Waals surface area contributed by atoms with Crippen LogP contribution in [0.15, 0.2) is 18.2 Å². The van der Waals surface area contributed by atoms with Crippen molar-refractivity contribution in [1.29, 1.82) is 5.26 Å². The third kappa shape index (κ3) is 9.65. The SMILES string of the molecule is CC(C)N(C(C)C)P(O)OCCC#N.Nc1c(N(N)C2CCC(COF)O2)cccc1C(F)(F)F. The fourth-order valence-electron chi connectivity index (χ4n) is 3.50. The van der Waals surface area contributed by atoms with Crippen LogP contribution in [0, 0.1) is 11.3 Å². The predicted octanol–water partition coefficient (Wildman–Crippen LogP) is 4.63. The van der Waals surface area contributed by atoms with Crippen molar-refractivity contribution >= 4 is 19.9 Å². The monoisotopic (exact) mass is 527 g/mol. The van der Waals surface area contributed by atoms with Crippen LogP contribution in [-0.4, -0.2) is 47.2 Å². The Morgan fingerprint density at radius 2 is 1.89 bits per heavy atom. The van der Waals surface area contributed by atoms with E-state index in [9.17, 15) is 22.6 Å². The summed E-state index contributed by atoms with van der Waals surface area (Å²) in [6.45, 7) is 8.11. The number of nitriles is 1. The Labute approximate surface area is 204 Å². The summed E-state index contributed by atoms with van der Waals surface area (Å²) in [7, 11) is -1.55. The van der Waals surface area contributed by atoms with Crippen molar-refractivity contribution in [2.75, 3.05) is 24.0 Å². The van der Waals surface area contributed by atoms with Crippen LogP contribution < -0.4 is 16.6 Å². The van der Waals surface area contributed by atoms with E-state index in [0.717, 1.165) is 11.1 Å². The number of hydrazine groups is 1. The highest BCUT2D eigenvalue weighted by Crippen LogP contribution is 2.40. The topological polar surface area (TPSA) is 130 Å². The van der Waals surface area contributed by atoms with E-state index in [-0.39, 0.29) is 24.4 Å². The molecule has 0 saturated carbocycles. The molecule has 0 bridgehead atoms. The molecule has 5 N–H and O–H groups in total. The van der Waals surface area contributed by atoms with Crippen molar-refractivity contribution in [3.8, 4) is 6.07 Å². The van der Waals surface area contributed by atoms with Crippen LogP contribution in [0.1, 0.15) is 52.5 Å². The largest absolute Gasteiger partial charge is 0.418 e. The number of rotatable bonds is 10. The lowest BCUT2D eigenvalue weighted by Crippen LogP contribution is -2.42. The van der Waals surface area contributed by atoms with Crippen LogP contribution in [0.4, 0.5) is 29.1 Å². The van der Waals surface area contributed by atoms with Gasteiger partial charge in [-0.15, -0.1) is 0 Å². The lowest BCUT2D eigenvalue weighted by molar-refractivity contribution is -0.163. The second kappa shape index (κ2) is 14.7. The minimum absolute atomic E-state index is 0.0108. The predicted molar refractivity (Wildman–Crippen MR) is 125 cm³/mol. The highest BCUT2D eigenvalue weighted by Gasteiger charge is 2.36. The minimum Gasteiger partial charge on any atom is -0.397 e. The van der Waals surface area contributed by atoms with Gasteiger partial charge in [-0.3, -0.25) is 5.01 Å². The molecule has 14 heteroatoms. The minimum atomic E-state index is -4.57. The molecule has 0 radical (unpaired) electrons. The Kier molecular flexibility index (Phi) is 13.1. The molecule has 3 unspecified atom stereocenters. The summed E-state index contributed by atoms with van der Waals surface area (Å²) < 4.78 is 62.7. The van der Waals surface area contributed by atoms with Crippen LogP contribution in [-0.2, 0) is 20.4 Å². The van der Waals surface area contributed by atoms with Gasteiger partial charge in [0.2, 0.25) is 0 Å². The maximum Gasteiger partial charge on any atom is 0.418 e. The number of hydrogen-bond donors (Lipinski definition) is 3. The van der Waals surface area contributed by atoms with E-state index < -0.39 is 38.3 Å². The number of ether oxygens (including phenoxy) is 1. The molecule has 35 heavy (non-hydrogen) atoms. The molecule has 0 aromatic heterocycles. The van der Waals surface area contributed by atoms with E-state index in [2.05, 4.69) is 4.94 Å². The van der Waals surface area contributed by atoms with Gasteiger partial charge in [0.15, 0.2) is 0 Å². The average Bonchev–Trinajstić information content (AvgIpc) is 3.22. The van der Waals surface area contributed by atoms with Crippen molar-refractivity contribution in [3.05, 3.63) is 23.8 Å². The van der Waals surface area contributed by atoms with Crippen molar-refractivity contribution in [2.24, 2.45) is 5.84 Å². The van der Waals surface area contributed by atoms with Crippen LogP contribution >= 0.6 is 8.53 Å². The highest BCUT2D eigenvalue weighted by molar-refractivity contribution is 7.43. The highest BCUT2D eigenvalue weighted by atomic mass is 31.2. The van der Waals surface area contributed by atoms with Crippen molar-refractivity contribution < 1.29 is 36.8 Å². The Balaban J connectivity index is 0.000000383. The van der Waals surface area contributed by atoms with Crippen LogP contribution in [0.3, 0.4) is 0 Å². The van der Waals surface area contributed by atoms with Crippen molar-refractivity contribution in [3.63, 3.8) is 0 Å². The average molecular weight is 528 g/mol. The number of alkyl halides is 3. The van der Waals surface area contributed by atoms with Gasteiger partial charge < -0.3 is 19.9 Å². The van der Waals surface area contributed by atoms with Crippen LogP contribution in [0.2, 0.25) is 0 Å². The third-order valence-corrected chi connectivity index (χ3v) is 6.72. The summed E-state index contributed by atoms with van der Waals surface area (Å²) in [5, 5.41) is 9.35. The quantitative estimate of drug-likeness (QED) is 0.0996. The fourth-order valence-corrected chi connectivity index (χ4v) is 4.67. The van der Waals surface area contributed by atoms with E-state index in [1.807, 2.05) is 38.4 Å². The molecule has 1 aromatic carbocycles. The molecule has 0 spiro atoms. The summed E-state index contributed by atoms with van der Waals surface area (Å²) >= 11 is 0. The number of anilines is 2. The molecule has 200 valence electrons. The number of nitrogen functional groups attached to an aromatic ring is 1. The lowest BCUT2D eigenvalue weighted by atomic mass is 10.1. The third-order valence-electron chi connectivity index (χ3n) is 4.99. The van der Waals surface area contributed by atoms with E-state index in [1.54, 1.807) is 0 Å². The van der Waals surface area contributed by atoms with Gasteiger partial charge in [-0.05, 0) is 57.2 Å². The maximum atomic E-state index is 12.8. The number of para-hydroxylation sites is 1. The molecule has 1 saturated heterocycles. The Hall–Kier alpha value is -1.78. The van der Waals surface area contributed by atoms with E-state index in [0.29, 0.717) is 25.9 Å². The van der Waals surface area contributed by atoms with Gasteiger partial charge in [0.1, 0.15) is 12.8 Å². The fraction of sp³-hybridized carbons (Fsp3) is 0.667. The van der Waals surface area contributed by atoms with Gasteiger partial charge in [0, 0.05) is 12.1 Å². The molecule has 1 heterocycles. The summed E-state index contributed by atoms with van der Waals surface area (Å²) in [5.74, 6) is 5.80. The van der Waals surface area contributed by atoms with Crippen molar-refractivity contribution in [1.82, 2.24) is 4.67 Å². The molecule has 1 aliphatic heterocycles. The second-order valence-electron chi connectivity index (χ2n) is 8.27. The molecule has 1 aliphatic rings. The van der Waals surface area contributed by atoms with Gasteiger partial charge in [-0.2, -0.15) is 23.4 Å². The second-order valence-corrected chi connectivity index (χ2v) is 9.50. The molecule has 1 aromatic rings. The van der Waals surface area contributed by atoms with Crippen LogP contribution in [0.25, 0.3) is 0 Å². The molecule has 3 atom stereocenters.